The molecule has 0 aliphatic carbocycles. The molecule has 1 aromatic heterocycles. The molecule has 1 aromatic carbocycles. The molecule has 3 rings (SSSR count). The van der Waals surface area contributed by atoms with Crippen molar-refractivity contribution < 1.29 is 23.8 Å². The molecule has 126 valence electrons. The maximum Gasteiger partial charge on any atom is 0.305 e. The molecular formula is C16H16FN3O4. The molecule has 0 spiro atoms. The molecule has 8 heteroatoms. The van der Waals surface area contributed by atoms with Gasteiger partial charge in [-0.1, -0.05) is 0 Å². The molecule has 2 heterocycles. The van der Waals surface area contributed by atoms with E-state index in [1.54, 1.807) is 12.1 Å². The van der Waals surface area contributed by atoms with Crippen molar-refractivity contribution in [1.82, 2.24) is 15.5 Å². The van der Waals surface area contributed by atoms with Crippen LogP contribution in [0.1, 0.15) is 23.3 Å². The second-order valence-corrected chi connectivity index (χ2v) is 5.78. The van der Waals surface area contributed by atoms with Crippen molar-refractivity contribution in [2.24, 2.45) is 0 Å². The van der Waals surface area contributed by atoms with Crippen LogP contribution in [0.25, 0.3) is 11.3 Å². The van der Waals surface area contributed by atoms with E-state index in [1.165, 1.54) is 18.2 Å². The standard InChI is InChI=1S/C16H16FN3O4/c17-11-3-1-10(2-4-11)12-7-13(20-19-12)15(23)18-16(8-14(21)22)5-6-24-9-16/h1-4,7H,5-6,8-9H2,(H,18,23)(H,19,20)(H,21,22). The second kappa shape index (κ2) is 6.40. The molecule has 0 radical (unpaired) electrons. The van der Waals surface area contributed by atoms with E-state index < -0.39 is 17.4 Å². The summed E-state index contributed by atoms with van der Waals surface area (Å²) in [5, 5.41) is 18.4. The number of aromatic nitrogens is 2. The van der Waals surface area contributed by atoms with Crippen molar-refractivity contribution in [2.45, 2.75) is 18.4 Å². The number of rotatable bonds is 5. The molecule has 1 unspecified atom stereocenters. The summed E-state index contributed by atoms with van der Waals surface area (Å²) >= 11 is 0. The third-order valence-corrected chi connectivity index (χ3v) is 3.93. The zero-order valence-corrected chi connectivity index (χ0v) is 12.7. The van der Waals surface area contributed by atoms with E-state index in [4.69, 9.17) is 9.84 Å². The Morgan fingerprint density at radius 2 is 2.12 bits per heavy atom. The van der Waals surface area contributed by atoms with Crippen LogP contribution in [0.3, 0.4) is 0 Å². The lowest BCUT2D eigenvalue weighted by atomic mass is 9.94. The van der Waals surface area contributed by atoms with E-state index >= 15 is 0 Å². The minimum Gasteiger partial charge on any atom is -0.481 e. The molecule has 7 nitrogen and oxygen atoms in total. The average molecular weight is 333 g/mol. The van der Waals surface area contributed by atoms with Crippen molar-refractivity contribution in [2.75, 3.05) is 13.2 Å². The van der Waals surface area contributed by atoms with Crippen LogP contribution in [0.4, 0.5) is 4.39 Å². The van der Waals surface area contributed by atoms with E-state index in [2.05, 4.69) is 15.5 Å². The third kappa shape index (κ3) is 3.43. The van der Waals surface area contributed by atoms with Gasteiger partial charge >= 0.3 is 5.97 Å². The van der Waals surface area contributed by atoms with Gasteiger partial charge in [0.15, 0.2) is 0 Å². The fraction of sp³-hybridized carbons (Fsp3) is 0.312. The lowest BCUT2D eigenvalue weighted by Crippen LogP contribution is -2.50. The Morgan fingerprint density at radius 3 is 2.75 bits per heavy atom. The zero-order chi connectivity index (χ0) is 17.2. The van der Waals surface area contributed by atoms with Gasteiger partial charge in [0.25, 0.3) is 5.91 Å². The molecular weight excluding hydrogens is 317 g/mol. The Hall–Kier alpha value is -2.74. The van der Waals surface area contributed by atoms with Gasteiger partial charge in [-0.3, -0.25) is 14.7 Å². The Kier molecular flexibility index (Phi) is 4.30. The van der Waals surface area contributed by atoms with E-state index in [1.807, 2.05) is 0 Å². The maximum absolute atomic E-state index is 13.0. The van der Waals surface area contributed by atoms with Gasteiger partial charge in [0.2, 0.25) is 0 Å². The molecule has 3 N–H and O–H groups in total. The smallest absolute Gasteiger partial charge is 0.305 e. The fourth-order valence-electron chi connectivity index (χ4n) is 2.69. The van der Waals surface area contributed by atoms with Crippen LogP contribution in [0.2, 0.25) is 0 Å². The first-order valence-electron chi connectivity index (χ1n) is 7.41. The molecule has 2 aromatic rings. The summed E-state index contributed by atoms with van der Waals surface area (Å²) in [7, 11) is 0. The molecule has 1 amide bonds. The molecule has 1 aliphatic rings. The SMILES string of the molecule is O=C(O)CC1(NC(=O)c2cc(-c3ccc(F)cc3)n[nH]2)CCOC1. The Labute approximate surface area is 136 Å². The van der Waals surface area contributed by atoms with Gasteiger partial charge in [-0.05, 0) is 36.8 Å². The number of benzene rings is 1. The number of aliphatic carboxylic acids is 1. The maximum atomic E-state index is 13.0. The summed E-state index contributed by atoms with van der Waals surface area (Å²) in [6, 6.07) is 7.27. The third-order valence-electron chi connectivity index (χ3n) is 3.93. The highest BCUT2D eigenvalue weighted by Gasteiger charge is 2.39. The number of hydrogen-bond acceptors (Lipinski definition) is 4. The molecule has 24 heavy (non-hydrogen) atoms. The largest absolute Gasteiger partial charge is 0.481 e. The highest BCUT2D eigenvalue weighted by Crippen LogP contribution is 2.24. The highest BCUT2D eigenvalue weighted by atomic mass is 19.1. The molecule has 0 bridgehead atoms. The topological polar surface area (TPSA) is 104 Å². The number of nitrogens with one attached hydrogen (secondary N) is 2. The number of carboxylic acid groups (broad SMARTS) is 1. The molecule has 1 saturated heterocycles. The van der Waals surface area contributed by atoms with Gasteiger partial charge in [-0.15, -0.1) is 0 Å². The van der Waals surface area contributed by atoms with E-state index in [9.17, 15) is 14.0 Å². The van der Waals surface area contributed by atoms with Crippen LogP contribution in [0, 0.1) is 5.82 Å². The first-order valence-corrected chi connectivity index (χ1v) is 7.41. The van der Waals surface area contributed by atoms with Crippen LogP contribution >= 0.6 is 0 Å². The van der Waals surface area contributed by atoms with Crippen LogP contribution < -0.4 is 5.32 Å². The van der Waals surface area contributed by atoms with Crippen LogP contribution in [0.5, 0.6) is 0 Å². The molecule has 1 atom stereocenters. The number of halogens is 1. The highest BCUT2D eigenvalue weighted by molar-refractivity contribution is 5.94. The van der Waals surface area contributed by atoms with Gasteiger partial charge < -0.3 is 15.2 Å². The Bertz CT molecular complexity index is 751. The van der Waals surface area contributed by atoms with Gasteiger partial charge in [0.05, 0.1) is 24.3 Å². The minimum absolute atomic E-state index is 0.157. The van der Waals surface area contributed by atoms with Gasteiger partial charge in [0.1, 0.15) is 11.5 Å². The Morgan fingerprint density at radius 1 is 1.38 bits per heavy atom. The quantitative estimate of drug-likeness (QED) is 0.770. The first-order chi connectivity index (χ1) is 11.5. The van der Waals surface area contributed by atoms with Crippen LogP contribution in [0.15, 0.2) is 30.3 Å². The normalized spacial score (nSPS) is 20.0. The lowest BCUT2D eigenvalue weighted by Gasteiger charge is -2.26. The number of carbonyl (C=O) groups excluding carboxylic acids is 1. The van der Waals surface area contributed by atoms with Crippen molar-refractivity contribution in [3.8, 4) is 11.3 Å². The summed E-state index contributed by atoms with van der Waals surface area (Å²) in [6.07, 6.45) is 0.224. The summed E-state index contributed by atoms with van der Waals surface area (Å²) in [4.78, 5) is 23.4. The fourth-order valence-corrected chi connectivity index (χ4v) is 2.69. The van der Waals surface area contributed by atoms with Gasteiger partial charge in [0, 0.05) is 12.2 Å². The first kappa shape index (κ1) is 16.1. The van der Waals surface area contributed by atoms with Crippen molar-refractivity contribution in [1.29, 1.82) is 0 Å². The second-order valence-electron chi connectivity index (χ2n) is 5.78. The number of ether oxygens (including phenoxy) is 1. The number of nitrogens with zero attached hydrogens (tertiary/aromatic N) is 1. The van der Waals surface area contributed by atoms with Crippen molar-refractivity contribution in [3.63, 3.8) is 0 Å². The predicted octanol–water partition coefficient (Wildman–Crippen LogP) is 1.58. The van der Waals surface area contributed by atoms with E-state index in [-0.39, 0.29) is 24.5 Å². The minimum atomic E-state index is -1.00. The molecule has 0 saturated carbocycles. The van der Waals surface area contributed by atoms with Gasteiger partial charge in [-0.25, -0.2) is 4.39 Å². The number of aromatic amines is 1. The number of carboxylic acids is 1. The number of hydrogen-bond donors (Lipinski definition) is 3. The molecule has 1 aliphatic heterocycles. The van der Waals surface area contributed by atoms with Crippen molar-refractivity contribution >= 4 is 11.9 Å². The zero-order valence-electron chi connectivity index (χ0n) is 12.7. The summed E-state index contributed by atoms with van der Waals surface area (Å²) in [6.45, 7) is 0.557. The van der Waals surface area contributed by atoms with Gasteiger partial charge in [-0.2, -0.15) is 5.10 Å². The number of amides is 1. The lowest BCUT2D eigenvalue weighted by molar-refractivity contribution is -0.138. The monoisotopic (exact) mass is 333 g/mol. The average Bonchev–Trinajstić information content (AvgIpc) is 3.17. The number of H-pyrrole nitrogens is 1. The number of carbonyl (C=O) groups is 2. The molecule has 1 fully saturated rings. The van der Waals surface area contributed by atoms with Crippen LogP contribution in [-0.4, -0.2) is 45.9 Å². The Balaban J connectivity index is 1.75. The van der Waals surface area contributed by atoms with E-state index in [0.717, 1.165) is 0 Å². The summed E-state index contributed by atoms with van der Waals surface area (Å²) in [5.41, 5.74) is 0.446. The van der Waals surface area contributed by atoms with Crippen molar-refractivity contribution in [3.05, 3.63) is 41.8 Å². The summed E-state index contributed by atoms with van der Waals surface area (Å²) in [5.74, 6) is -1.82. The predicted molar refractivity (Wildman–Crippen MR) is 81.9 cm³/mol. The van der Waals surface area contributed by atoms with Crippen LogP contribution in [-0.2, 0) is 9.53 Å². The van der Waals surface area contributed by atoms with E-state index in [0.29, 0.717) is 24.3 Å². The summed E-state index contributed by atoms with van der Waals surface area (Å²) < 4.78 is 18.2.